The molecule has 2 aromatic carbocycles. The maximum Gasteiger partial charge on any atom is 0.262 e. The van der Waals surface area contributed by atoms with E-state index in [1.165, 1.54) is 0 Å². The maximum atomic E-state index is 12.2. The number of aryl methyl sites for hydroxylation is 2. The summed E-state index contributed by atoms with van der Waals surface area (Å²) in [4.78, 5) is 25.8. The first-order valence-electron chi connectivity index (χ1n) is 8.80. The van der Waals surface area contributed by atoms with Gasteiger partial charge in [-0.1, -0.05) is 12.1 Å². The lowest BCUT2D eigenvalue weighted by atomic mass is 10.1. The van der Waals surface area contributed by atoms with E-state index in [0.717, 1.165) is 22.4 Å². The van der Waals surface area contributed by atoms with E-state index in [0.29, 0.717) is 18.0 Å². The van der Waals surface area contributed by atoms with Crippen LogP contribution in [-0.4, -0.2) is 44.0 Å². The van der Waals surface area contributed by atoms with Gasteiger partial charge in [0.15, 0.2) is 6.61 Å². The fraction of sp³-hybridized carbons (Fsp3) is 0.333. The number of benzene rings is 2. The van der Waals surface area contributed by atoms with Gasteiger partial charge >= 0.3 is 0 Å². The smallest absolute Gasteiger partial charge is 0.262 e. The third kappa shape index (κ3) is 6.11. The molecule has 0 fully saturated rings. The number of rotatable bonds is 7. The molecule has 0 unspecified atom stereocenters. The predicted octanol–water partition coefficient (Wildman–Crippen LogP) is 3.13. The molecule has 2 rings (SSSR count). The summed E-state index contributed by atoms with van der Waals surface area (Å²) in [5, 5.41) is 5.68. The molecule has 0 spiro atoms. The van der Waals surface area contributed by atoms with Gasteiger partial charge in [-0.2, -0.15) is 0 Å². The van der Waals surface area contributed by atoms with Gasteiger partial charge in [-0.05, 0) is 75.8 Å². The first-order chi connectivity index (χ1) is 12.8. The second kappa shape index (κ2) is 9.19. The standard InChI is InChI=1S/C21H27N3O3/c1-14-7-6-8-19(16(14)3)27-13-21(26)22-17-9-10-18(15(2)11-17)23-20(25)12-24(4)5/h6-11H,12-13H2,1-5H3,(H,22,26)(H,23,25). The molecule has 0 aliphatic heterocycles. The van der Waals surface area contributed by atoms with Gasteiger partial charge in [0.05, 0.1) is 6.54 Å². The number of nitrogens with zero attached hydrogens (tertiary/aromatic N) is 1. The minimum absolute atomic E-state index is 0.0648. The molecular formula is C21H27N3O3. The topological polar surface area (TPSA) is 70.7 Å². The molecular weight excluding hydrogens is 342 g/mol. The zero-order valence-electron chi connectivity index (χ0n) is 16.6. The molecule has 0 aliphatic carbocycles. The SMILES string of the molecule is Cc1cc(NC(=O)COc2cccc(C)c2C)ccc1NC(=O)CN(C)C. The quantitative estimate of drug-likeness (QED) is 0.787. The number of nitrogens with one attached hydrogen (secondary N) is 2. The number of carbonyl (C=O) groups excluding carboxylic acids is 2. The van der Waals surface area contributed by atoms with E-state index in [9.17, 15) is 9.59 Å². The summed E-state index contributed by atoms with van der Waals surface area (Å²) in [5.41, 5.74) is 4.41. The summed E-state index contributed by atoms with van der Waals surface area (Å²) in [6.45, 7) is 6.10. The average Bonchev–Trinajstić information content (AvgIpc) is 2.58. The number of hydrogen-bond donors (Lipinski definition) is 2. The van der Waals surface area contributed by atoms with Crippen LogP contribution in [-0.2, 0) is 9.59 Å². The van der Waals surface area contributed by atoms with Crippen LogP contribution in [0.25, 0.3) is 0 Å². The Morgan fingerprint density at radius 1 is 0.963 bits per heavy atom. The molecule has 144 valence electrons. The second-order valence-corrected chi connectivity index (χ2v) is 6.85. The third-order valence-electron chi connectivity index (χ3n) is 4.16. The third-order valence-corrected chi connectivity index (χ3v) is 4.16. The Morgan fingerprint density at radius 2 is 1.70 bits per heavy atom. The number of likely N-dealkylation sites (N-methyl/N-ethyl adjacent to an activating group) is 1. The van der Waals surface area contributed by atoms with Crippen molar-refractivity contribution in [1.29, 1.82) is 0 Å². The van der Waals surface area contributed by atoms with Gasteiger partial charge in [0, 0.05) is 11.4 Å². The zero-order chi connectivity index (χ0) is 20.0. The Bertz CT molecular complexity index is 831. The zero-order valence-corrected chi connectivity index (χ0v) is 16.6. The minimum Gasteiger partial charge on any atom is -0.483 e. The van der Waals surface area contributed by atoms with Crippen molar-refractivity contribution in [2.24, 2.45) is 0 Å². The lowest BCUT2D eigenvalue weighted by Crippen LogP contribution is -2.27. The van der Waals surface area contributed by atoms with Crippen molar-refractivity contribution in [3.63, 3.8) is 0 Å². The van der Waals surface area contributed by atoms with Crippen molar-refractivity contribution in [1.82, 2.24) is 4.90 Å². The summed E-state index contributed by atoms with van der Waals surface area (Å²) < 4.78 is 5.62. The van der Waals surface area contributed by atoms with Crippen molar-refractivity contribution in [3.8, 4) is 5.75 Å². The summed E-state index contributed by atoms with van der Waals surface area (Å²) in [5.74, 6) is 0.391. The number of ether oxygens (including phenoxy) is 1. The minimum atomic E-state index is -0.236. The molecule has 2 N–H and O–H groups in total. The molecule has 2 amide bonds. The van der Waals surface area contributed by atoms with E-state index < -0.39 is 0 Å². The van der Waals surface area contributed by atoms with Crippen LogP contribution < -0.4 is 15.4 Å². The van der Waals surface area contributed by atoms with Crippen molar-refractivity contribution >= 4 is 23.2 Å². The molecule has 0 radical (unpaired) electrons. The van der Waals surface area contributed by atoms with Gasteiger partial charge in [-0.3, -0.25) is 9.59 Å². The number of amides is 2. The molecule has 0 aliphatic rings. The van der Waals surface area contributed by atoms with E-state index in [2.05, 4.69) is 10.6 Å². The lowest BCUT2D eigenvalue weighted by Gasteiger charge is -2.14. The molecule has 0 aromatic heterocycles. The van der Waals surface area contributed by atoms with Crippen LogP contribution in [0.3, 0.4) is 0 Å². The van der Waals surface area contributed by atoms with Gasteiger partial charge in [0.1, 0.15) is 5.75 Å². The van der Waals surface area contributed by atoms with Crippen molar-refractivity contribution in [2.75, 3.05) is 37.9 Å². The van der Waals surface area contributed by atoms with Crippen molar-refractivity contribution in [2.45, 2.75) is 20.8 Å². The van der Waals surface area contributed by atoms with E-state index in [-0.39, 0.29) is 18.4 Å². The molecule has 27 heavy (non-hydrogen) atoms. The van der Waals surface area contributed by atoms with Gasteiger partial charge in [-0.15, -0.1) is 0 Å². The molecule has 2 aromatic rings. The maximum absolute atomic E-state index is 12.2. The molecule has 0 atom stereocenters. The Morgan fingerprint density at radius 3 is 2.37 bits per heavy atom. The molecule has 0 bridgehead atoms. The van der Waals surface area contributed by atoms with Gasteiger partial charge in [-0.25, -0.2) is 0 Å². The van der Waals surface area contributed by atoms with E-state index >= 15 is 0 Å². The molecule has 0 saturated carbocycles. The van der Waals surface area contributed by atoms with Crippen LogP contribution in [0.2, 0.25) is 0 Å². The van der Waals surface area contributed by atoms with E-state index in [4.69, 9.17) is 4.74 Å². The first-order valence-corrected chi connectivity index (χ1v) is 8.80. The Kier molecular flexibility index (Phi) is 6.96. The highest BCUT2D eigenvalue weighted by atomic mass is 16.5. The fourth-order valence-electron chi connectivity index (χ4n) is 2.58. The van der Waals surface area contributed by atoms with Crippen LogP contribution in [0.1, 0.15) is 16.7 Å². The summed E-state index contributed by atoms with van der Waals surface area (Å²) in [7, 11) is 3.68. The molecule has 6 nitrogen and oxygen atoms in total. The molecule has 0 saturated heterocycles. The Balaban J connectivity index is 1.93. The van der Waals surface area contributed by atoms with E-state index in [1.807, 2.05) is 59.1 Å². The van der Waals surface area contributed by atoms with Crippen LogP contribution in [0, 0.1) is 20.8 Å². The van der Waals surface area contributed by atoms with Crippen LogP contribution in [0.4, 0.5) is 11.4 Å². The van der Waals surface area contributed by atoms with E-state index in [1.54, 1.807) is 17.0 Å². The van der Waals surface area contributed by atoms with Crippen LogP contribution in [0.15, 0.2) is 36.4 Å². The first kappa shape index (κ1) is 20.5. The van der Waals surface area contributed by atoms with Crippen LogP contribution >= 0.6 is 0 Å². The number of anilines is 2. The van der Waals surface area contributed by atoms with Gasteiger partial charge < -0.3 is 20.3 Å². The van der Waals surface area contributed by atoms with Gasteiger partial charge in [0.2, 0.25) is 5.91 Å². The largest absolute Gasteiger partial charge is 0.483 e. The predicted molar refractivity (Wildman–Crippen MR) is 108 cm³/mol. The lowest BCUT2D eigenvalue weighted by molar-refractivity contribution is -0.118. The van der Waals surface area contributed by atoms with Crippen molar-refractivity contribution in [3.05, 3.63) is 53.1 Å². The highest BCUT2D eigenvalue weighted by molar-refractivity contribution is 5.95. The Hall–Kier alpha value is -2.86. The Labute approximate surface area is 160 Å². The number of hydrogen-bond acceptors (Lipinski definition) is 4. The van der Waals surface area contributed by atoms with Crippen LogP contribution in [0.5, 0.6) is 5.75 Å². The monoisotopic (exact) mass is 369 g/mol. The van der Waals surface area contributed by atoms with Gasteiger partial charge in [0.25, 0.3) is 5.91 Å². The fourth-order valence-corrected chi connectivity index (χ4v) is 2.58. The molecule has 0 heterocycles. The van der Waals surface area contributed by atoms with Crippen molar-refractivity contribution < 1.29 is 14.3 Å². The average molecular weight is 369 g/mol. The highest BCUT2D eigenvalue weighted by Gasteiger charge is 2.09. The number of carbonyl (C=O) groups is 2. The second-order valence-electron chi connectivity index (χ2n) is 6.85. The summed E-state index contributed by atoms with van der Waals surface area (Å²) >= 11 is 0. The molecule has 6 heteroatoms. The normalized spacial score (nSPS) is 10.6. The summed E-state index contributed by atoms with van der Waals surface area (Å²) in [6, 6.07) is 11.1. The highest BCUT2D eigenvalue weighted by Crippen LogP contribution is 2.21. The summed E-state index contributed by atoms with van der Waals surface area (Å²) in [6.07, 6.45) is 0.